The maximum Gasteiger partial charge on any atom is -0.0323 e. The van der Waals surface area contributed by atoms with Gasteiger partial charge in [-0.05, 0) is 432 Å². The van der Waals surface area contributed by atoms with Crippen LogP contribution in [0.15, 0.2) is 0 Å². The first-order valence-electron chi connectivity index (χ1n) is 34.6. The molecule has 0 aromatic rings. The zero-order valence-electron chi connectivity index (χ0n) is 45.1. The summed E-state index contributed by atoms with van der Waals surface area (Å²) in [6, 6.07) is 0. The Labute approximate surface area is 430 Å². The Morgan fingerprint density at radius 3 is 0.571 bits per heavy atom. The number of fused-ring (bicyclic) bond motifs is 30. The minimum atomic E-state index is 1.14. The summed E-state index contributed by atoms with van der Waals surface area (Å²) < 4.78 is 0. The SMILES string of the molecule is C1CC2CC1C1CCC(CCC3CC(CCC4CC(CCC5CC(CCC6CC(CCC7CCC8C9CCC(C9)C78)C7C8CCC(C8)C67)C6C7CCC(C7)C56)C5C6CCC(C6)C45)C4C5CCC(C5)C34)C21. The van der Waals surface area contributed by atoms with E-state index in [2.05, 4.69) is 0 Å². The van der Waals surface area contributed by atoms with E-state index in [0.29, 0.717) is 0 Å². The average molecular weight is 948 g/mol. The molecule has 0 nitrogen and oxygen atoms in total. The Kier molecular flexibility index (Phi) is 10.5. The van der Waals surface area contributed by atoms with E-state index in [4.69, 9.17) is 0 Å². The predicted octanol–water partition coefficient (Wildman–Crippen LogP) is 18.2. The molecule has 0 heteroatoms. The van der Waals surface area contributed by atoms with E-state index in [9.17, 15) is 0 Å². The molecular weight excluding hydrogens is 841 g/mol. The normalized spacial score (nSPS) is 63.1. The van der Waals surface area contributed by atoms with Gasteiger partial charge in [-0.2, -0.15) is 0 Å². The molecule has 0 N–H and O–H groups in total. The van der Waals surface area contributed by atoms with Crippen LogP contribution in [0.1, 0.15) is 231 Å². The summed E-state index contributed by atoms with van der Waals surface area (Å²) >= 11 is 0. The summed E-state index contributed by atoms with van der Waals surface area (Å²) in [6.45, 7) is 0. The van der Waals surface area contributed by atoms with Gasteiger partial charge in [0.05, 0.1) is 0 Å². The first-order valence-corrected chi connectivity index (χ1v) is 34.6. The van der Waals surface area contributed by atoms with Gasteiger partial charge >= 0.3 is 0 Å². The fraction of sp³-hybridized carbons (Fsp3) is 1.00. The molecule has 0 heterocycles. The Balaban J connectivity index is 0.521. The molecule has 18 aliphatic rings. The fourth-order valence-corrected chi connectivity index (χ4v) is 31.7. The van der Waals surface area contributed by atoms with Crippen molar-refractivity contribution < 1.29 is 0 Å². The van der Waals surface area contributed by atoms with E-state index >= 15 is 0 Å². The lowest BCUT2D eigenvalue weighted by Crippen LogP contribution is -2.27. The molecule has 18 aliphatic carbocycles. The van der Waals surface area contributed by atoms with E-state index in [1.807, 2.05) is 0 Å². The Morgan fingerprint density at radius 1 is 0.143 bits per heavy atom. The second-order valence-electron chi connectivity index (χ2n) is 33.7. The molecule has 0 aromatic carbocycles. The van der Waals surface area contributed by atoms with Gasteiger partial charge in [0.2, 0.25) is 0 Å². The van der Waals surface area contributed by atoms with Crippen molar-refractivity contribution in [3.63, 3.8) is 0 Å². The summed E-state index contributed by atoms with van der Waals surface area (Å²) in [4.78, 5) is 0. The third kappa shape index (κ3) is 6.48. The second kappa shape index (κ2) is 16.8. The van der Waals surface area contributed by atoms with Crippen LogP contribution in [0.5, 0.6) is 0 Å². The Hall–Kier alpha value is 0. The van der Waals surface area contributed by atoms with Crippen LogP contribution >= 0.6 is 0 Å². The van der Waals surface area contributed by atoms with E-state index < -0.39 is 0 Å². The van der Waals surface area contributed by atoms with E-state index in [0.717, 1.165) is 107 Å². The molecule has 0 spiro atoms. The lowest BCUT2D eigenvalue weighted by atomic mass is 9.71. The van der Waals surface area contributed by atoms with Gasteiger partial charge < -0.3 is 0 Å². The summed E-state index contributed by atoms with van der Waals surface area (Å²) in [6.07, 6.45) is 59.8. The largest absolute Gasteiger partial charge is 0.0499 e. The minimum absolute atomic E-state index is 1.14. The van der Waals surface area contributed by atoms with Gasteiger partial charge in [0, 0.05) is 0 Å². The van der Waals surface area contributed by atoms with Crippen LogP contribution in [0.3, 0.4) is 0 Å². The van der Waals surface area contributed by atoms with Crippen molar-refractivity contribution >= 4 is 0 Å². The zero-order valence-corrected chi connectivity index (χ0v) is 45.1. The minimum Gasteiger partial charge on any atom is -0.0499 e. The topological polar surface area (TPSA) is 0 Å². The summed E-state index contributed by atoms with van der Waals surface area (Å²) in [7, 11) is 0. The van der Waals surface area contributed by atoms with E-state index in [-0.39, 0.29) is 0 Å². The highest BCUT2D eigenvalue weighted by atomic mass is 14.7. The van der Waals surface area contributed by atoms with Crippen LogP contribution in [0.2, 0.25) is 0 Å². The molecule has 70 heavy (non-hydrogen) atoms. The highest BCUT2D eigenvalue weighted by Crippen LogP contribution is 2.71. The van der Waals surface area contributed by atoms with Crippen LogP contribution in [0.25, 0.3) is 0 Å². The van der Waals surface area contributed by atoms with Crippen LogP contribution in [-0.4, -0.2) is 0 Å². The van der Waals surface area contributed by atoms with Crippen LogP contribution < -0.4 is 0 Å². The van der Waals surface area contributed by atoms with Crippen molar-refractivity contribution in [3.05, 3.63) is 0 Å². The smallest absolute Gasteiger partial charge is 0.0323 e. The number of hydrogen-bond acceptors (Lipinski definition) is 0. The van der Waals surface area contributed by atoms with Crippen LogP contribution in [0, 0.1) is 201 Å². The monoisotopic (exact) mass is 947 g/mol. The van der Waals surface area contributed by atoms with Gasteiger partial charge in [-0.3, -0.25) is 0 Å². The second-order valence-corrected chi connectivity index (χ2v) is 33.7. The zero-order chi connectivity index (χ0) is 45.1. The van der Waals surface area contributed by atoms with Gasteiger partial charge in [0.1, 0.15) is 0 Å². The predicted molar refractivity (Wildman–Crippen MR) is 285 cm³/mol. The lowest BCUT2D eigenvalue weighted by molar-refractivity contribution is 0.148. The van der Waals surface area contributed by atoms with E-state index in [1.165, 1.54) is 94.7 Å². The molecule has 12 bridgehead atoms. The third-order valence-electron chi connectivity index (χ3n) is 32.7. The van der Waals surface area contributed by atoms with Crippen molar-refractivity contribution in [2.24, 2.45) is 201 Å². The average Bonchev–Trinajstić information content (AvgIpc) is 4.21. The van der Waals surface area contributed by atoms with Gasteiger partial charge in [0.15, 0.2) is 0 Å². The molecule has 386 valence electrons. The lowest BCUT2D eigenvalue weighted by Gasteiger charge is -2.34. The summed E-state index contributed by atoms with van der Waals surface area (Å²) in [5.41, 5.74) is 0. The highest BCUT2D eigenvalue weighted by molar-refractivity contribution is 5.12. The fourth-order valence-electron chi connectivity index (χ4n) is 31.7. The molecule has 18 fully saturated rings. The maximum absolute atomic E-state index is 1.71. The first-order chi connectivity index (χ1) is 34.6. The molecule has 0 saturated heterocycles. The van der Waals surface area contributed by atoms with Gasteiger partial charge in [0.25, 0.3) is 0 Å². The highest BCUT2D eigenvalue weighted by Gasteiger charge is 2.63. The standard InChI is InChI=1S/C70H106/c1(37-23-25-59-39-3-7-41(27-39)61(37)59)5-43-29-45(65-49-15-11-47(31-49)63(43)65)9-13-51-33-53(69-57-21-19-55(35-57)67(51)69)17-18-54-34-52(68-56-20-22-58(36-56)70(54)68)14-10-46-30-44(64-48-12-16-50(32-48)66(46)64)6-2-38-24-26-60-40-4-8-42(28-40)62(38)60/h37-70H,1-36H2. The molecule has 0 amide bonds. The van der Waals surface area contributed by atoms with Crippen molar-refractivity contribution in [1.82, 2.24) is 0 Å². The molecular formula is C70H106. The van der Waals surface area contributed by atoms with Crippen molar-refractivity contribution in [1.29, 1.82) is 0 Å². The summed E-state index contributed by atoms with van der Waals surface area (Å²) in [5.74, 6) is 39.6. The Bertz CT molecular complexity index is 1820. The Morgan fingerprint density at radius 2 is 0.329 bits per heavy atom. The number of rotatable bonds is 15. The van der Waals surface area contributed by atoms with Crippen molar-refractivity contribution in [2.75, 3.05) is 0 Å². The molecule has 18 rings (SSSR count). The van der Waals surface area contributed by atoms with Crippen molar-refractivity contribution in [3.8, 4) is 0 Å². The molecule has 34 unspecified atom stereocenters. The molecule has 0 aromatic heterocycles. The quantitative estimate of drug-likeness (QED) is 0.153. The van der Waals surface area contributed by atoms with Crippen LogP contribution in [-0.2, 0) is 0 Å². The molecule has 0 aliphatic heterocycles. The first kappa shape index (κ1) is 44.0. The van der Waals surface area contributed by atoms with Crippen LogP contribution in [0.4, 0.5) is 0 Å². The van der Waals surface area contributed by atoms with E-state index in [1.54, 1.807) is 231 Å². The molecule has 18 saturated carbocycles. The maximum atomic E-state index is 1.71. The molecule has 0 radical (unpaired) electrons. The van der Waals surface area contributed by atoms with Gasteiger partial charge in [-0.25, -0.2) is 0 Å². The summed E-state index contributed by atoms with van der Waals surface area (Å²) in [5, 5.41) is 0. The molecule has 34 atom stereocenters. The number of hydrogen-bond donors (Lipinski definition) is 0. The van der Waals surface area contributed by atoms with Gasteiger partial charge in [-0.15, -0.1) is 0 Å². The van der Waals surface area contributed by atoms with Crippen molar-refractivity contribution in [2.45, 2.75) is 231 Å². The van der Waals surface area contributed by atoms with Gasteiger partial charge in [-0.1, -0.05) is 0 Å². The third-order valence-corrected chi connectivity index (χ3v) is 32.7.